The maximum Gasteiger partial charge on any atom is 0.249 e. The Morgan fingerprint density at radius 1 is 1.11 bits per heavy atom. The maximum absolute atomic E-state index is 13.1. The zero-order valence-electron chi connectivity index (χ0n) is 19.6. The highest BCUT2D eigenvalue weighted by Gasteiger charge is 2.26. The molecule has 182 valence electrons. The minimum atomic E-state index is -0.607. The second-order valence-electron chi connectivity index (χ2n) is 8.32. The van der Waals surface area contributed by atoms with Crippen LogP contribution in [0.15, 0.2) is 65.7 Å². The van der Waals surface area contributed by atoms with Gasteiger partial charge in [0.25, 0.3) is 0 Å². The molecule has 0 saturated carbocycles. The highest BCUT2D eigenvalue weighted by molar-refractivity contribution is 6.32. The van der Waals surface area contributed by atoms with Gasteiger partial charge < -0.3 is 16.4 Å². The molecule has 0 spiro atoms. The first kappa shape index (κ1) is 26.4. The van der Waals surface area contributed by atoms with Crippen LogP contribution < -0.4 is 16.4 Å². The van der Waals surface area contributed by atoms with Crippen molar-refractivity contribution >= 4 is 52.9 Å². The summed E-state index contributed by atoms with van der Waals surface area (Å²) in [5, 5.41) is 6.31. The smallest absolute Gasteiger partial charge is 0.249 e. The summed E-state index contributed by atoms with van der Waals surface area (Å²) in [6, 6.07) is 18.4. The Hall–Kier alpha value is -3.19. The Morgan fingerprint density at radius 3 is 2.51 bits per heavy atom. The third-order valence-corrected chi connectivity index (χ3v) is 6.16. The average molecular weight is 511 g/mol. The fourth-order valence-electron chi connectivity index (χ4n) is 4.12. The van der Waals surface area contributed by atoms with Crippen LogP contribution in [-0.2, 0) is 22.4 Å². The summed E-state index contributed by atoms with van der Waals surface area (Å²) in [6.45, 7) is 4.13. The van der Waals surface area contributed by atoms with Gasteiger partial charge in [-0.3, -0.25) is 14.6 Å². The van der Waals surface area contributed by atoms with E-state index in [0.717, 1.165) is 23.1 Å². The Morgan fingerprint density at radius 2 is 1.86 bits per heavy atom. The number of benzodiazepines with no additional fused rings is 1. The first-order chi connectivity index (χ1) is 16.4. The van der Waals surface area contributed by atoms with E-state index in [9.17, 15) is 9.59 Å². The Kier molecular flexibility index (Phi) is 8.67. The Balaban J connectivity index is 0.00000342. The van der Waals surface area contributed by atoms with Gasteiger partial charge in [0.1, 0.15) is 6.04 Å². The van der Waals surface area contributed by atoms with E-state index in [0.29, 0.717) is 28.5 Å². The van der Waals surface area contributed by atoms with Gasteiger partial charge in [0.05, 0.1) is 17.9 Å². The molecule has 0 bridgehead atoms. The van der Waals surface area contributed by atoms with Gasteiger partial charge in [0.2, 0.25) is 11.8 Å². The van der Waals surface area contributed by atoms with E-state index in [4.69, 9.17) is 22.3 Å². The summed E-state index contributed by atoms with van der Waals surface area (Å²) in [6.07, 6.45) is 1.45. The highest BCUT2D eigenvalue weighted by atomic mass is 35.5. The number of fused-ring (bicyclic) bond motifs is 1. The van der Waals surface area contributed by atoms with Crippen molar-refractivity contribution in [3.8, 4) is 0 Å². The molecule has 0 fully saturated rings. The number of carbonyl (C=O) groups excluding carboxylic acids is 2. The number of nitrogens with one attached hydrogen (secondary N) is 2. The van der Waals surface area contributed by atoms with Crippen molar-refractivity contribution in [1.82, 2.24) is 0 Å². The molecular weight excluding hydrogens is 483 g/mol. The largest absolute Gasteiger partial charge is 0.325 e. The number of rotatable bonds is 6. The fraction of sp³-hybridized carbons (Fsp3) is 0.222. The molecule has 3 aromatic carbocycles. The SMILES string of the molecule is CCc1ccc(CC2N=C(c3ccc(NC(=O)CN)cc3)c3cc(Cl)ccc3NC2=O)cc1C.Cl. The van der Waals surface area contributed by atoms with Gasteiger partial charge in [-0.25, -0.2) is 0 Å². The van der Waals surface area contributed by atoms with E-state index >= 15 is 0 Å². The molecule has 1 atom stereocenters. The van der Waals surface area contributed by atoms with Crippen LogP contribution >= 0.6 is 24.0 Å². The molecule has 4 N–H and O–H groups in total. The predicted octanol–water partition coefficient (Wildman–Crippen LogP) is 4.93. The van der Waals surface area contributed by atoms with E-state index in [1.165, 1.54) is 11.1 Å². The molecule has 3 aromatic rings. The van der Waals surface area contributed by atoms with Crippen molar-refractivity contribution in [2.75, 3.05) is 17.2 Å². The van der Waals surface area contributed by atoms with Gasteiger partial charge in [-0.05, 0) is 60.4 Å². The summed E-state index contributed by atoms with van der Waals surface area (Å²) >= 11 is 6.30. The number of amides is 2. The van der Waals surface area contributed by atoms with Crippen LogP contribution in [0.5, 0.6) is 0 Å². The van der Waals surface area contributed by atoms with Crippen LogP contribution in [0.25, 0.3) is 0 Å². The quantitative estimate of drug-likeness (QED) is 0.438. The topological polar surface area (TPSA) is 96.6 Å². The number of nitrogens with two attached hydrogens (primary N) is 1. The zero-order chi connectivity index (χ0) is 24.2. The molecule has 0 radical (unpaired) electrons. The van der Waals surface area contributed by atoms with Crippen LogP contribution in [0.1, 0.15) is 34.7 Å². The molecule has 1 aliphatic heterocycles. The normalized spacial score (nSPS) is 14.7. The Bertz CT molecular complexity index is 1270. The molecule has 0 saturated heterocycles. The molecule has 0 aliphatic carbocycles. The monoisotopic (exact) mass is 510 g/mol. The minimum absolute atomic E-state index is 0. The third kappa shape index (κ3) is 6.09. The number of aryl methyl sites for hydroxylation is 2. The van der Waals surface area contributed by atoms with Crippen molar-refractivity contribution in [3.05, 3.63) is 93.5 Å². The van der Waals surface area contributed by atoms with Crippen molar-refractivity contribution in [2.45, 2.75) is 32.7 Å². The number of anilines is 2. The molecule has 4 rings (SSSR count). The maximum atomic E-state index is 13.1. The molecule has 2 amide bonds. The van der Waals surface area contributed by atoms with Crippen LogP contribution in [0.3, 0.4) is 0 Å². The predicted molar refractivity (Wildman–Crippen MR) is 145 cm³/mol. The van der Waals surface area contributed by atoms with Crippen LogP contribution in [0, 0.1) is 6.92 Å². The van der Waals surface area contributed by atoms with Crippen LogP contribution in [0.2, 0.25) is 5.02 Å². The molecule has 1 unspecified atom stereocenters. The van der Waals surface area contributed by atoms with Crippen LogP contribution in [0.4, 0.5) is 11.4 Å². The third-order valence-electron chi connectivity index (χ3n) is 5.93. The summed E-state index contributed by atoms with van der Waals surface area (Å²) in [5.74, 6) is -0.432. The molecule has 1 heterocycles. The highest BCUT2D eigenvalue weighted by Crippen LogP contribution is 2.29. The molecule has 6 nitrogen and oxygen atoms in total. The van der Waals surface area contributed by atoms with Crippen molar-refractivity contribution in [1.29, 1.82) is 0 Å². The average Bonchev–Trinajstić information content (AvgIpc) is 2.96. The summed E-state index contributed by atoms with van der Waals surface area (Å²) < 4.78 is 0. The lowest BCUT2D eigenvalue weighted by Crippen LogP contribution is -2.27. The van der Waals surface area contributed by atoms with Crippen molar-refractivity contribution in [3.63, 3.8) is 0 Å². The van der Waals surface area contributed by atoms with Gasteiger partial charge in [-0.15, -0.1) is 12.4 Å². The molecule has 35 heavy (non-hydrogen) atoms. The lowest BCUT2D eigenvalue weighted by Gasteiger charge is -2.13. The molecule has 1 aliphatic rings. The van der Waals surface area contributed by atoms with Gasteiger partial charge in [0, 0.05) is 28.3 Å². The van der Waals surface area contributed by atoms with E-state index in [1.54, 1.807) is 24.3 Å². The summed E-state index contributed by atoms with van der Waals surface area (Å²) in [5.41, 5.74) is 12.5. The molecule has 8 heteroatoms. The standard InChI is InChI=1S/C27H27ClN4O2.ClH/c1-3-18-5-4-17(12-16(18)2)13-24-27(34)32-23-11-8-20(28)14-22(23)26(31-24)19-6-9-21(10-7-19)30-25(33)15-29;/h4-12,14,24H,3,13,15,29H2,1-2H3,(H,30,33)(H,32,34);1H. The molecule has 0 aromatic heterocycles. The lowest BCUT2D eigenvalue weighted by atomic mass is 9.98. The molecular formula is C27H28Cl2N4O2. The second kappa shape index (κ2) is 11.5. The number of nitrogens with zero attached hydrogens (tertiary/aromatic N) is 1. The van der Waals surface area contributed by atoms with Gasteiger partial charge in [-0.1, -0.05) is 48.9 Å². The fourth-order valence-corrected chi connectivity index (χ4v) is 4.29. The van der Waals surface area contributed by atoms with E-state index in [2.05, 4.69) is 42.7 Å². The number of hydrogen-bond acceptors (Lipinski definition) is 4. The van der Waals surface area contributed by atoms with Gasteiger partial charge in [0.15, 0.2) is 0 Å². The van der Waals surface area contributed by atoms with E-state index < -0.39 is 6.04 Å². The second-order valence-corrected chi connectivity index (χ2v) is 8.76. The number of hydrogen-bond donors (Lipinski definition) is 3. The first-order valence-corrected chi connectivity index (χ1v) is 11.6. The summed E-state index contributed by atoms with van der Waals surface area (Å²) in [4.78, 5) is 29.7. The Labute approximate surface area is 216 Å². The number of aliphatic imine (C=N–C) groups is 1. The van der Waals surface area contributed by atoms with Crippen LogP contribution in [-0.4, -0.2) is 30.1 Å². The summed E-state index contributed by atoms with van der Waals surface area (Å²) in [7, 11) is 0. The van der Waals surface area contributed by atoms with E-state index in [1.807, 2.05) is 18.2 Å². The zero-order valence-corrected chi connectivity index (χ0v) is 21.2. The number of carbonyl (C=O) groups is 2. The van der Waals surface area contributed by atoms with Gasteiger partial charge in [-0.2, -0.15) is 0 Å². The number of halogens is 2. The van der Waals surface area contributed by atoms with E-state index in [-0.39, 0.29) is 30.8 Å². The number of benzene rings is 3. The van der Waals surface area contributed by atoms with Crippen molar-refractivity contribution < 1.29 is 9.59 Å². The lowest BCUT2D eigenvalue weighted by molar-refractivity contribution is -0.117. The minimum Gasteiger partial charge on any atom is -0.325 e. The first-order valence-electron chi connectivity index (χ1n) is 11.2. The van der Waals surface area contributed by atoms with Gasteiger partial charge >= 0.3 is 0 Å². The van der Waals surface area contributed by atoms with Crippen molar-refractivity contribution in [2.24, 2.45) is 10.7 Å².